The van der Waals surface area contributed by atoms with Crippen LogP contribution in [0.2, 0.25) is 5.02 Å². The van der Waals surface area contributed by atoms with Gasteiger partial charge in [-0.25, -0.2) is 0 Å². The highest BCUT2D eigenvalue weighted by molar-refractivity contribution is 6.33. The molecule has 1 atom stereocenters. The van der Waals surface area contributed by atoms with Crippen LogP contribution in [0.5, 0.6) is 0 Å². The molecular weight excluding hydrogens is 262 g/mol. The summed E-state index contributed by atoms with van der Waals surface area (Å²) in [4.78, 5) is 16.6. The third kappa shape index (κ3) is 3.01. The summed E-state index contributed by atoms with van der Waals surface area (Å²) in [5, 5.41) is 0.487. The molecule has 1 heterocycles. The predicted molar refractivity (Wildman–Crippen MR) is 78.5 cm³/mol. The van der Waals surface area contributed by atoms with Crippen molar-refractivity contribution >= 4 is 23.2 Å². The fraction of sp³-hybridized carbons (Fsp3) is 0.500. The van der Waals surface area contributed by atoms with E-state index in [1.54, 1.807) is 18.2 Å². The third-order valence-corrected chi connectivity index (χ3v) is 4.12. The van der Waals surface area contributed by atoms with E-state index >= 15 is 0 Å². The van der Waals surface area contributed by atoms with Crippen molar-refractivity contribution in [2.45, 2.75) is 19.4 Å². The molecule has 0 bridgehead atoms. The monoisotopic (exact) mass is 281 g/mol. The zero-order chi connectivity index (χ0) is 14.0. The predicted octanol–water partition coefficient (Wildman–Crippen LogP) is 2.09. The van der Waals surface area contributed by atoms with E-state index < -0.39 is 0 Å². The Labute approximate surface area is 119 Å². The summed E-state index contributed by atoms with van der Waals surface area (Å²) in [6, 6.07) is 5.50. The van der Waals surface area contributed by atoms with E-state index in [2.05, 4.69) is 18.9 Å². The van der Waals surface area contributed by atoms with Crippen molar-refractivity contribution in [2.24, 2.45) is 0 Å². The van der Waals surface area contributed by atoms with E-state index in [0.717, 1.165) is 26.1 Å². The first kappa shape index (κ1) is 14.2. The Balaban J connectivity index is 2.13. The van der Waals surface area contributed by atoms with Gasteiger partial charge in [-0.05, 0) is 31.7 Å². The fourth-order valence-electron chi connectivity index (χ4n) is 2.43. The third-order valence-electron chi connectivity index (χ3n) is 3.78. The van der Waals surface area contributed by atoms with Crippen LogP contribution in [-0.4, -0.2) is 48.4 Å². The largest absolute Gasteiger partial charge is 0.398 e. The summed E-state index contributed by atoms with van der Waals surface area (Å²) in [7, 11) is 2.11. The Hall–Kier alpha value is -1.26. The van der Waals surface area contributed by atoms with Gasteiger partial charge in [-0.1, -0.05) is 18.5 Å². The molecule has 1 unspecified atom stereocenters. The van der Waals surface area contributed by atoms with Gasteiger partial charge in [0.15, 0.2) is 0 Å². The zero-order valence-corrected chi connectivity index (χ0v) is 12.2. The quantitative estimate of drug-likeness (QED) is 0.845. The average molecular weight is 282 g/mol. The SMILES string of the molecule is CCC1CN(C(=O)c2ccc(Cl)c(N)c2)CCN1C. The van der Waals surface area contributed by atoms with Crippen molar-refractivity contribution in [3.63, 3.8) is 0 Å². The summed E-state index contributed by atoms with van der Waals surface area (Å²) in [5.41, 5.74) is 6.82. The summed E-state index contributed by atoms with van der Waals surface area (Å²) < 4.78 is 0. The standard InChI is InChI=1S/C14H20ClN3O/c1-3-11-9-18(7-6-17(11)2)14(19)10-4-5-12(15)13(16)8-10/h4-5,8,11H,3,6-7,9,16H2,1-2H3. The molecule has 1 saturated heterocycles. The Morgan fingerprint density at radius 1 is 1.47 bits per heavy atom. The first-order valence-corrected chi connectivity index (χ1v) is 6.95. The molecule has 0 aliphatic carbocycles. The Bertz CT molecular complexity index is 478. The maximum Gasteiger partial charge on any atom is 0.254 e. The van der Waals surface area contributed by atoms with Gasteiger partial charge in [0.25, 0.3) is 5.91 Å². The number of nitrogens with zero attached hydrogens (tertiary/aromatic N) is 2. The minimum absolute atomic E-state index is 0.0370. The molecular formula is C14H20ClN3O. The van der Waals surface area contributed by atoms with Crippen LogP contribution < -0.4 is 5.73 Å². The van der Waals surface area contributed by atoms with E-state index in [-0.39, 0.29) is 5.91 Å². The number of likely N-dealkylation sites (N-methyl/N-ethyl adjacent to an activating group) is 1. The van der Waals surface area contributed by atoms with Crippen molar-refractivity contribution < 1.29 is 4.79 Å². The van der Waals surface area contributed by atoms with Crippen LogP contribution in [0.3, 0.4) is 0 Å². The van der Waals surface area contributed by atoms with Crippen LogP contribution >= 0.6 is 11.6 Å². The van der Waals surface area contributed by atoms with Gasteiger partial charge in [0.05, 0.1) is 10.7 Å². The molecule has 0 saturated carbocycles. The van der Waals surface area contributed by atoms with E-state index in [9.17, 15) is 4.79 Å². The van der Waals surface area contributed by atoms with Gasteiger partial charge in [0.2, 0.25) is 0 Å². The number of carbonyl (C=O) groups is 1. The second-order valence-electron chi connectivity index (χ2n) is 5.03. The number of hydrogen-bond acceptors (Lipinski definition) is 3. The molecule has 2 N–H and O–H groups in total. The summed E-state index contributed by atoms with van der Waals surface area (Å²) >= 11 is 5.88. The number of carbonyl (C=O) groups excluding carboxylic acids is 1. The van der Waals surface area contributed by atoms with Gasteiger partial charge < -0.3 is 10.6 Å². The summed E-state index contributed by atoms with van der Waals surface area (Å²) in [6.07, 6.45) is 1.04. The van der Waals surface area contributed by atoms with Crippen LogP contribution in [-0.2, 0) is 0 Å². The van der Waals surface area contributed by atoms with Crippen molar-refractivity contribution in [1.29, 1.82) is 0 Å². The fourth-order valence-corrected chi connectivity index (χ4v) is 2.55. The van der Waals surface area contributed by atoms with Crippen molar-refractivity contribution in [1.82, 2.24) is 9.80 Å². The molecule has 19 heavy (non-hydrogen) atoms. The number of hydrogen-bond donors (Lipinski definition) is 1. The second-order valence-corrected chi connectivity index (χ2v) is 5.44. The smallest absolute Gasteiger partial charge is 0.254 e. The summed E-state index contributed by atoms with van der Waals surface area (Å²) in [5.74, 6) is 0.0370. The van der Waals surface area contributed by atoms with Crippen LogP contribution in [0.4, 0.5) is 5.69 Å². The van der Waals surface area contributed by atoms with Crippen LogP contribution in [0.15, 0.2) is 18.2 Å². The molecule has 1 aromatic rings. The number of amides is 1. The number of anilines is 1. The maximum atomic E-state index is 12.4. The Kier molecular flexibility index (Phi) is 4.32. The van der Waals surface area contributed by atoms with Crippen molar-refractivity contribution in [3.8, 4) is 0 Å². The van der Waals surface area contributed by atoms with Gasteiger partial charge in [0.1, 0.15) is 0 Å². The van der Waals surface area contributed by atoms with Crippen LogP contribution in [0.1, 0.15) is 23.7 Å². The van der Waals surface area contributed by atoms with Gasteiger partial charge in [-0.3, -0.25) is 9.69 Å². The highest BCUT2D eigenvalue weighted by Crippen LogP contribution is 2.21. The van der Waals surface area contributed by atoms with E-state index in [1.165, 1.54) is 0 Å². The molecule has 0 aromatic heterocycles. The van der Waals surface area contributed by atoms with E-state index in [1.807, 2.05) is 4.90 Å². The number of nitrogen functional groups attached to an aromatic ring is 1. The molecule has 1 aromatic carbocycles. The molecule has 1 fully saturated rings. The normalized spacial score (nSPS) is 20.6. The molecule has 104 valence electrons. The minimum atomic E-state index is 0.0370. The lowest BCUT2D eigenvalue weighted by atomic mass is 10.1. The van der Waals surface area contributed by atoms with Crippen LogP contribution in [0.25, 0.3) is 0 Å². The lowest BCUT2D eigenvalue weighted by Crippen LogP contribution is -2.52. The Morgan fingerprint density at radius 2 is 2.21 bits per heavy atom. The minimum Gasteiger partial charge on any atom is -0.398 e. The second kappa shape index (κ2) is 5.80. The average Bonchev–Trinajstić information content (AvgIpc) is 2.41. The lowest BCUT2D eigenvalue weighted by Gasteiger charge is -2.39. The zero-order valence-electron chi connectivity index (χ0n) is 11.4. The first-order chi connectivity index (χ1) is 9.02. The number of piperazine rings is 1. The van der Waals surface area contributed by atoms with E-state index in [0.29, 0.717) is 22.3 Å². The number of rotatable bonds is 2. The summed E-state index contributed by atoms with van der Waals surface area (Å²) in [6.45, 7) is 4.59. The molecule has 1 amide bonds. The van der Waals surface area contributed by atoms with Crippen molar-refractivity contribution in [3.05, 3.63) is 28.8 Å². The lowest BCUT2D eigenvalue weighted by molar-refractivity contribution is 0.0542. The molecule has 2 rings (SSSR count). The first-order valence-electron chi connectivity index (χ1n) is 6.57. The van der Waals surface area contributed by atoms with Crippen molar-refractivity contribution in [2.75, 3.05) is 32.4 Å². The molecule has 5 heteroatoms. The molecule has 0 spiro atoms. The number of halogens is 1. The molecule has 4 nitrogen and oxygen atoms in total. The topological polar surface area (TPSA) is 49.6 Å². The highest BCUT2D eigenvalue weighted by Gasteiger charge is 2.26. The molecule has 1 aliphatic heterocycles. The maximum absolute atomic E-state index is 12.4. The number of benzene rings is 1. The van der Waals surface area contributed by atoms with Gasteiger partial charge in [-0.15, -0.1) is 0 Å². The molecule has 1 aliphatic rings. The molecule has 0 radical (unpaired) electrons. The van der Waals surface area contributed by atoms with Gasteiger partial charge in [0, 0.05) is 31.2 Å². The number of nitrogens with two attached hydrogens (primary N) is 1. The van der Waals surface area contributed by atoms with Gasteiger partial charge >= 0.3 is 0 Å². The highest BCUT2D eigenvalue weighted by atomic mass is 35.5. The Morgan fingerprint density at radius 3 is 2.84 bits per heavy atom. The van der Waals surface area contributed by atoms with Gasteiger partial charge in [-0.2, -0.15) is 0 Å². The van der Waals surface area contributed by atoms with Crippen LogP contribution in [0, 0.1) is 0 Å². The van der Waals surface area contributed by atoms with E-state index in [4.69, 9.17) is 17.3 Å².